The van der Waals surface area contributed by atoms with Crippen LogP contribution in [-0.2, 0) is 15.3 Å². The van der Waals surface area contributed by atoms with Crippen LogP contribution in [0.1, 0.15) is 28.3 Å². The minimum atomic E-state index is -1.01. The van der Waals surface area contributed by atoms with E-state index >= 15 is 0 Å². The van der Waals surface area contributed by atoms with Gasteiger partial charge < -0.3 is 9.84 Å². The lowest BCUT2D eigenvalue weighted by Crippen LogP contribution is -2.29. The predicted octanol–water partition coefficient (Wildman–Crippen LogP) is 6.47. The minimum Gasteiger partial charge on any atom is -0.507 e. The summed E-state index contributed by atoms with van der Waals surface area (Å²) in [5, 5.41) is 19.9. The Labute approximate surface area is 238 Å². The van der Waals surface area contributed by atoms with Crippen LogP contribution < -0.4 is 9.64 Å². The number of halogens is 1. The molecular weight excluding hydrogens is 549 g/mol. The molecule has 3 aromatic carbocycles. The summed E-state index contributed by atoms with van der Waals surface area (Å²) in [6.45, 7) is 5.94. The number of Topliss-reactive ketones (excluding diaryl/α,β-unsaturated/α-hetero) is 1. The van der Waals surface area contributed by atoms with Crippen molar-refractivity contribution in [3.63, 3.8) is 0 Å². The fourth-order valence-corrected chi connectivity index (χ4v) is 6.05. The molecule has 7 nitrogen and oxygen atoms in total. The maximum Gasteiger partial charge on any atom is 0.301 e. The number of nitrogens with zero attached hydrogens (tertiary/aromatic N) is 3. The monoisotopic (exact) mass is 573 g/mol. The van der Waals surface area contributed by atoms with Gasteiger partial charge in [0.05, 0.1) is 11.6 Å². The van der Waals surface area contributed by atoms with Gasteiger partial charge in [0.1, 0.15) is 23.9 Å². The van der Waals surface area contributed by atoms with Crippen molar-refractivity contribution in [2.24, 2.45) is 0 Å². The number of carbonyl (C=O) groups excluding carboxylic acids is 2. The van der Waals surface area contributed by atoms with Crippen LogP contribution in [0.2, 0.25) is 0 Å². The first-order valence-corrected chi connectivity index (χ1v) is 14.1. The van der Waals surface area contributed by atoms with Crippen molar-refractivity contribution in [3.05, 3.63) is 119 Å². The molecule has 0 aliphatic carbocycles. The van der Waals surface area contributed by atoms with Crippen LogP contribution in [0, 0.1) is 12.7 Å². The molecular formula is C30H24FN3O4S2. The van der Waals surface area contributed by atoms with E-state index in [4.69, 9.17) is 4.74 Å². The van der Waals surface area contributed by atoms with Crippen LogP contribution in [0.3, 0.4) is 0 Å². The van der Waals surface area contributed by atoms with Crippen molar-refractivity contribution in [1.82, 2.24) is 10.2 Å². The molecule has 1 aliphatic heterocycles. The third-order valence-corrected chi connectivity index (χ3v) is 8.32. The first kappa shape index (κ1) is 27.3. The molecule has 202 valence electrons. The summed E-state index contributed by atoms with van der Waals surface area (Å²) in [5.41, 5.74) is 2.87. The number of aromatic nitrogens is 2. The molecule has 0 spiro atoms. The van der Waals surface area contributed by atoms with Crippen molar-refractivity contribution < 1.29 is 23.8 Å². The van der Waals surface area contributed by atoms with Gasteiger partial charge in [-0.25, -0.2) is 4.39 Å². The molecule has 0 bridgehead atoms. The Morgan fingerprint density at radius 2 is 1.88 bits per heavy atom. The minimum absolute atomic E-state index is 0.137. The number of thioether (sulfide) groups is 1. The summed E-state index contributed by atoms with van der Waals surface area (Å²) in [6, 6.07) is 19.1. The molecule has 0 saturated carbocycles. The van der Waals surface area contributed by atoms with Crippen molar-refractivity contribution >= 4 is 45.7 Å². The summed E-state index contributed by atoms with van der Waals surface area (Å²) in [6.07, 6.45) is 1.60. The Kier molecular flexibility index (Phi) is 8.09. The average molecular weight is 574 g/mol. The zero-order valence-corrected chi connectivity index (χ0v) is 23.0. The first-order valence-electron chi connectivity index (χ1n) is 12.3. The predicted molar refractivity (Wildman–Crippen MR) is 154 cm³/mol. The largest absolute Gasteiger partial charge is 0.507 e. The summed E-state index contributed by atoms with van der Waals surface area (Å²) in [7, 11) is 0. The van der Waals surface area contributed by atoms with Gasteiger partial charge >= 0.3 is 5.91 Å². The maximum absolute atomic E-state index is 13.6. The lowest BCUT2D eigenvalue weighted by Gasteiger charge is -2.23. The lowest BCUT2D eigenvalue weighted by molar-refractivity contribution is -0.132. The Hall–Kier alpha value is -4.28. The maximum atomic E-state index is 13.6. The number of benzene rings is 3. The number of amides is 1. The number of aliphatic hydroxyl groups is 1. The number of ketones is 1. The van der Waals surface area contributed by atoms with Gasteiger partial charge in [0, 0.05) is 11.3 Å². The van der Waals surface area contributed by atoms with Crippen molar-refractivity contribution in [1.29, 1.82) is 0 Å². The summed E-state index contributed by atoms with van der Waals surface area (Å²) in [5.74, 6) is -1.49. The van der Waals surface area contributed by atoms with E-state index in [-0.39, 0.29) is 22.9 Å². The number of anilines is 1. The normalized spacial score (nSPS) is 16.4. The topological polar surface area (TPSA) is 92.6 Å². The van der Waals surface area contributed by atoms with Crippen LogP contribution in [0.5, 0.6) is 5.75 Å². The molecule has 4 aromatic rings. The number of aryl methyl sites for hydroxylation is 1. The van der Waals surface area contributed by atoms with E-state index in [9.17, 15) is 19.1 Å². The fraction of sp³-hybridized carbons (Fsp3) is 0.133. The van der Waals surface area contributed by atoms with Gasteiger partial charge in [-0.3, -0.25) is 14.5 Å². The highest BCUT2D eigenvalue weighted by atomic mass is 32.2. The molecule has 2 heterocycles. The van der Waals surface area contributed by atoms with Gasteiger partial charge in [-0.1, -0.05) is 77.7 Å². The highest BCUT2D eigenvalue weighted by molar-refractivity contribution is 8.00. The SMILES string of the molecule is C=CCOc1cccc(C2C(=C(O)c3ccc(F)cc3)C(=O)C(=O)N2c2nnc(SCc3ccc(C)cc3)s2)c1. The molecule has 1 amide bonds. The second-order valence-corrected chi connectivity index (χ2v) is 11.2. The molecule has 1 atom stereocenters. The van der Waals surface area contributed by atoms with E-state index in [0.717, 1.165) is 5.56 Å². The smallest absolute Gasteiger partial charge is 0.301 e. The van der Waals surface area contributed by atoms with Crippen LogP contribution in [0.4, 0.5) is 9.52 Å². The number of ether oxygens (including phenoxy) is 1. The molecule has 5 rings (SSSR count). The van der Waals surface area contributed by atoms with E-state index < -0.39 is 29.3 Å². The molecule has 40 heavy (non-hydrogen) atoms. The Balaban J connectivity index is 1.54. The fourth-order valence-electron chi connectivity index (χ4n) is 4.23. The first-order chi connectivity index (χ1) is 19.4. The molecule has 1 unspecified atom stereocenters. The van der Waals surface area contributed by atoms with Gasteiger partial charge in [-0.2, -0.15) is 0 Å². The number of hydrogen-bond donors (Lipinski definition) is 1. The summed E-state index contributed by atoms with van der Waals surface area (Å²) < 4.78 is 19.9. The molecule has 1 fully saturated rings. The van der Waals surface area contributed by atoms with Crippen LogP contribution in [0.15, 0.2) is 95.4 Å². The van der Waals surface area contributed by atoms with E-state index in [2.05, 4.69) is 16.8 Å². The molecule has 1 aliphatic rings. The number of hydrogen-bond acceptors (Lipinski definition) is 8. The molecule has 1 aromatic heterocycles. The third-order valence-electron chi connectivity index (χ3n) is 6.19. The Morgan fingerprint density at radius 1 is 1.12 bits per heavy atom. The van der Waals surface area contributed by atoms with Gasteiger partial charge in [-0.05, 0) is 54.4 Å². The lowest BCUT2D eigenvalue weighted by atomic mass is 9.95. The van der Waals surface area contributed by atoms with E-state index in [1.165, 1.54) is 57.8 Å². The van der Waals surface area contributed by atoms with Crippen LogP contribution in [-0.4, -0.2) is 33.6 Å². The van der Waals surface area contributed by atoms with E-state index in [1.54, 1.807) is 30.3 Å². The second kappa shape index (κ2) is 11.8. The molecule has 1 N–H and O–H groups in total. The van der Waals surface area contributed by atoms with Gasteiger partial charge in [0.25, 0.3) is 5.78 Å². The van der Waals surface area contributed by atoms with Crippen LogP contribution in [0.25, 0.3) is 5.76 Å². The standard InChI is InChI=1S/C30H24FN3O4S2/c1-3-15-38-23-6-4-5-21(16-23)25-24(26(35)20-11-13-22(31)14-12-20)27(36)28(37)34(25)29-32-33-30(40-29)39-17-19-9-7-18(2)8-10-19/h3-14,16,25,35H,1,15,17H2,2H3. The third kappa shape index (κ3) is 5.68. The van der Waals surface area contributed by atoms with Crippen molar-refractivity contribution in [2.45, 2.75) is 23.1 Å². The summed E-state index contributed by atoms with van der Waals surface area (Å²) in [4.78, 5) is 28.1. The molecule has 1 saturated heterocycles. The molecule has 10 heteroatoms. The zero-order chi connectivity index (χ0) is 28.2. The van der Waals surface area contributed by atoms with E-state index in [1.807, 2.05) is 31.2 Å². The zero-order valence-electron chi connectivity index (χ0n) is 21.4. The van der Waals surface area contributed by atoms with E-state index in [0.29, 0.717) is 21.4 Å². The number of aliphatic hydroxyl groups excluding tert-OH is 1. The summed E-state index contributed by atoms with van der Waals surface area (Å²) >= 11 is 2.65. The Bertz CT molecular complexity index is 1600. The van der Waals surface area contributed by atoms with Gasteiger partial charge in [-0.15, -0.1) is 10.2 Å². The van der Waals surface area contributed by atoms with Gasteiger partial charge in [0.15, 0.2) is 4.34 Å². The number of carbonyl (C=O) groups is 2. The highest BCUT2D eigenvalue weighted by Crippen LogP contribution is 2.44. The average Bonchev–Trinajstić information content (AvgIpc) is 3.53. The molecule has 0 radical (unpaired) electrons. The quantitative estimate of drug-likeness (QED) is 0.0613. The second-order valence-electron chi connectivity index (χ2n) is 8.97. The Morgan fingerprint density at radius 3 is 2.60 bits per heavy atom. The van der Waals surface area contributed by atoms with Crippen molar-refractivity contribution in [3.8, 4) is 5.75 Å². The van der Waals surface area contributed by atoms with Crippen LogP contribution >= 0.6 is 23.1 Å². The highest BCUT2D eigenvalue weighted by Gasteiger charge is 2.48. The van der Waals surface area contributed by atoms with Crippen molar-refractivity contribution in [2.75, 3.05) is 11.5 Å². The number of rotatable bonds is 9. The van der Waals surface area contributed by atoms with Gasteiger partial charge in [0.2, 0.25) is 5.13 Å².